The summed E-state index contributed by atoms with van der Waals surface area (Å²) in [4.78, 5) is 4.46. The fourth-order valence-corrected chi connectivity index (χ4v) is 3.13. The number of rotatable bonds is 8. The molecule has 0 aliphatic rings. The molecule has 27 heavy (non-hydrogen) atoms. The van der Waals surface area contributed by atoms with Crippen LogP contribution in [0.1, 0.15) is 37.4 Å². The third-order valence-corrected chi connectivity index (χ3v) is 5.06. The van der Waals surface area contributed by atoms with Gasteiger partial charge in [0.1, 0.15) is 5.82 Å². The maximum atomic E-state index is 11.3. The van der Waals surface area contributed by atoms with Gasteiger partial charge in [-0.05, 0) is 42.3 Å². The van der Waals surface area contributed by atoms with Gasteiger partial charge >= 0.3 is 0 Å². The minimum absolute atomic E-state index is 0.101. The van der Waals surface area contributed by atoms with Gasteiger partial charge in [-0.1, -0.05) is 38.0 Å². The number of fused-ring (bicyclic) bond motifs is 1. The van der Waals surface area contributed by atoms with Crippen LogP contribution in [0.4, 0.5) is 5.82 Å². The Kier molecular flexibility index (Phi) is 5.88. The first kappa shape index (κ1) is 19.1. The lowest BCUT2D eigenvalue weighted by Crippen LogP contribution is -2.12. The Morgan fingerprint density at radius 1 is 1.19 bits per heavy atom. The van der Waals surface area contributed by atoms with E-state index in [9.17, 15) is 8.42 Å². The monoisotopic (exact) mass is 385 g/mol. The lowest BCUT2D eigenvalue weighted by atomic mass is 10.2. The number of sulfonamides is 1. The van der Waals surface area contributed by atoms with Crippen molar-refractivity contribution in [2.75, 3.05) is 5.32 Å². The molecule has 0 saturated carbocycles. The lowest BCUT2D eigenvalue weighted by Gasteiger charge is -2.07. The van der Waals surface area contributed by atoms with E-state index >= 15 is 0 Å². The molecule has 0 amide bonds. The Labute approximate surface area is 159 Å². The van der Waals surface area contributed by atoms with Crippen molar-refractivity contribution in [2.24, 2.45) is 5.14 Å². The predicted octanol–water partition coefficient (Wildman–Crippen LogP) is 3.19. The fourth-order valence-electron chi connectivity index (χ4n) is 2.61. The molecule has 3 aromatic rings. The third-order valence-electron chi connectivity index (χ3n) is 4.13. The smallest absolute Gasteiger partial charge is 0.238 e. The highest BCUT2D eigenvalue weighted by Crippen LogP contribution is 2.13. The van der Waals surface area contributed by atoms with Crippen LogP contribution in [0.25, 0.3) is 11.7 Å². The number of imidazole rings is 1. The van der Waals surface area contributed by atoms with E-state index in [1.165, 1.54) is 18.6 Å². The normalized spacial score (nSPS) is 12.1. The molecule has 3 N–H and O–H groups in total. The second-order valence-electron chi connectivity index (χ2n) is 6.26. The van der Waals surface area contributed by atoms with Crippen molar-refractivity contribution in [2.45, 2.75) is 37.6 Å². The number of allylic oxidation sites excluding steroid dienone is 1. The summed E-state index contributed by atoms with van der Waals surface area (Å²) in [5.41, 5.74) is 2.64. The molecule has 7 nitrogen and oxygen atoms in total. The molecule has 3 rings (SSSR count). The van der Waals surface area contributed by atoms with Crippen molar-refractivity contribution in [1.82, 2.24) is 14.6 Å². The molecule has 2 heterocycles. The summed E-state index contributed by atoms with van der Waals surface area (Å²) in [7, 11) is -3.67. The number of primary sulfonamides is 1. The van der Waals surface area contributed by atoms with Crippen molar-refractivity contribution in [3.63, 3.8) is 0 Å². The Bertz CT molecular complexity index is 1040. The summed E-state index contributed by atoms with van der Waals surface area (Å²) in [6.45, 7) is 2.68. The van der Waals surface area contributed by atoms with E-state index in [0.29, 0.717) is 12.4 Å². The Morgan fingerprint density at radius 3 is 2.67 bits per heavy atom. The van der Waals surface area contributed by atoms with Crippen LogP contribution in [0.3, 0.4) is 0 Å². The zero-order valence-electron chi connectivity index (χ0n) is 15.2. The SMILES string of the molecule is CCCC/C=C/c1cnc2ccc(NCc3ccc(S(N)(=O)=O)cc3)nn12. The maximum Gasteiger partial charge on any atom is 0.238 e. The van der Waals surface area contributed by atoms with Crippen LogP contribution in [-0.4, -0.2) is 23.0 Å². The van der Waals surface area contributed by atoms with Crippen LogP contribution in [0.2, 0.25) is 0 Å². The molecule has 0 aliphatic carbocycles. The van der Waals surface area contributed by atoms with Crippen LogP contribution in [0.5, 0.6) is 0 Å². The van der Waals surface area contributed by atoms with Gasteiger partial charge in [0.15, 0.2) is 5.65 Å². The highest BCUT2D eigenvalue weighted by molar-refractivity contribution is 7.89. The van der Waals surface area contributed by atoms with Gasteiger partial charge in [0.25, 0.3) is 0 Å². The number of unbranched alkanes of at least 4 members (excludes halogenated alkanes) is 2. The highest BCUT2D eigenvalue weighted by atomic mass is 32.2. The summed E-state index contributed by atoms with van der Waals surface area (Å²) in [5.74, 6) is 0.708. The number of nitrogens with zero attached hydrogens (tertiary/aromatic N) is 3. The number of hydrogen-bond donors (Lipinski definition) is 2. The molecule has 0 radical (unpaired) electrons. The van der Waals surface area contributed by atoms with Crippen molar-refractivity contribution >= 4 is 27.6 Å². The molecule has 0 unspecified atom stereocenters. The number of benzene rings is 1. The Morgan fingerprint density at radius 2 is 1.96 bits per heavy atom. The standard InChI is InChI=1S/C19H23N5O2S/c1-2-3-4-5-6-16-14-22-19-12-11-18(23-24(16)19)21-13-15-7-9-17(10-8-15)27(20,25)26/h5-12,14H,2-4,13H2,1H3,(H,21,23)(H2,20,25,26)/b6-5+. The average Bonchev–Trinajstić information content (AvgIpc) is 3.05. The second-order valence-corrected chi connectivity index (χ2v) is 7.82. The minimum atomic E-state index is -3.67. The number of hydrogen-bond acceptors (Lipinski definition) is 5. The van der Waals surface area contributed by atoms with E-state index in [-0.39, 0.29) is 4.90 Å². The van der Waals surface area contributed by atoms with Crippen LogP contribution >= 0.6 is 0 Å². The van der Waals surface area contributed by atoms with E-state index < -0.39 is 10.0 Å². The van der Waals surface area contributed by atoms with Crippen LogP contribution in [-0.2, 0) is 16.6 Å². The van der Waals surface area contributed by atoms with E-state index in [4.69, 9.17) is 5.14 Å². The molecular formula is C19H23N5O2S. The molecule has 1 aromatic carbocycles. The third kappa shape index (κ3) is 4.93. The van der Waals surface area contributed by atoms with Crippen molar-refractivity contribution < 1.29 is 8.42 Å². The number of anilines is 1. The van der Waals surface area contributed by atoms with Crippen LogP contribution < -0.4 is 10.5 Å². The first-order valence-electron chi connectivity index (χ1n) is 8.84. The molecule has 142 valence electrons. The quantitative estimate of drug-likeness (QED) is 0.580. The summed E-state index contributed by atoms with van der Waals surface area (Å²) < 4.78 is 24.4. The predicted molar refractivity (Wildman–Crippen MR) is 107 cm³/mol. The molecule has 0 aliphatic heterocycles. The Hall–Kier alpha value is -2.71. The highest BCUT2D eigenvalue weighted by Gasteiger charge is 2.07. The first-order chi connectivity index (χ1) is 13.0. The molecule has 0 bridgehead atoms. The number of nitrogens with one attached hydrogen (secondary N) is 1. The average molecular weight is 385 g/mol. The largest absolute Gasteiger partial charge is 0.365 e. The summed E-state index contributed by atoms with van der Waals surface area (Å²) in [6.07, 6.45) is 9.36. The summed E-state index contributed by atoms with van der Waals surface area (Å²) >= 11 is 0. The van der Waals surface area contributed by atoms with Gasteiger partial charge in [-0.25, -0.2) is 23.1 Å². The van der Waals surface area contributed by atoms with E-state index in [0.717, 1.165) is 29.7 Å². The number of nitrogens with two attached hydrogens (primary N) is 1. The Balaban J connectivity index is 1.71. The fraction of sp³-hybridized carbons (Fsp3) is 0.263. The van der Waals surface area contributed by atoms with Gasteiger partial charge in [0.2, 0.25) is 10.0 Å². The summed E-state index contributed by atoms with van der Waals surface area (Å²) in [5, 5.41) is 12.9. The maximum absolute atomic E-state index is 11.3. The van der Waals surface area contributed by atoms with Crippen LogP contribution in [0.15, 0.2) is 53.6 Å². The number of aromatic nitrogens is 3. The molecule has 2 aromatic heterocycles. The van der Waals surface area contributed by atoms with Crippen molar-refractivity contribution in [3.05, 3.63) is 59.9 Å². The van der Waals surface area contributed by atoms with Gasteiger partial charge in [0, 0.05) is 6.54 Å². The zero-order valence-corrected chi connectivity index (χ0v) is 16.0. The van der Waals surface area contributed by atoms with Gasteiger partial charge in [0.05, 0.1) is 16.8 Å². The topological polar surface area (TPSA) is 102 Å². The zero-order chi connectivity index (χ0) is 19.3. The lowest BCUT2D eigenvalue weighted by molar-refractivity contribution is 0.598. The van der Waals surface area contributed by atoms with Crippen molar-refractivity contribution in [1.29, 1.82) is 0 Å². The van der Waals surface area contributed by atoms with E-state index in [1.807, 2.05) is 18.2 Å². The molecule has 0 spiro atoms. The van der Waals surface area contributed by atoms with E-state index in [2.05, 4.69) is 28.4 Å². The molecule has 8 heteroatoms. The first-order valence-corrected chi connectivity index (χ1v) is 10.4. The van der Waals surface area contributed by atoms with Gasteiger partial charge in [-0.2, -0.15) is 0 Å². The van der Waals surface area contributed by atoms with Crippen molar-refractivity contribution in [3.8, 4) is 0 Å². The molecule has 0 atom stereocenters. The molecule has 0 fully saturated rings. The minimum Gasteiger partial charge on any atom is -0.365 e. The van der Waals surface area contributed by atoms with Gasteiger partial charge < -0.3 is 5.32 Å². The summed E-state index contributed by atoms with van der Waals surface area (Å²) in [6, 6.07) is 10.2. The van der Waals surface area contributed by atoms with Crippen LogP contribution in [0, 0.1) is 0 Å². The van der Waals surface area contributed by atoms with Gasteiger partial charge in [-0.3, -0.25) is 0 Å². The molecule has 0 saturated heterocycles. The van der Waals surface area contributed by atoms with Gasteiger partial charge in [-0.15, -0.1) is 5.10 Å². The second kappa shape index (κ2) is 8.32. The molecular weight excluding hydrogens is 362 g/mol. The van der Waals surface area contributed by atoms with E-state index in [1.54, 1.807) is 22.8 Å².